The Labute approximate surface area is 128 Å². The Morgan fingerprint density at radius 3 is 1.20 bits per heavy atom. The molecule has 0 aliphatic heterocycles. The van der Waals surface area contributed by atoms with Crippen molar-refractivity contribution in [1.29, 1.82) is 0 Å². The van der Waals surface area contributed by atoms with Gasteiger partial charge in [0.15, 0.2) is 0 Å². The van der Waals surface area contributed by atoms with Crippen molar-refractivity contribution >= 4 is 0 Å². The van der Waals surface area contributed by atoms with E-state index in [9.17, 15) is 0 Å². The van der Waals surface area contributed by atoms with Crippen molar-refractivity contribution in [2.24, 2.45) is 0 Å². The van der Waals surface area contributed by atoms with E-state index in [0.717, 1.165) is 0 Å². The Morgan fingerprint density at radius 2 is 1.00 bits per heavy atom. The summed E-state index contributed by atoms with van der Waals surface area (Å²) in [7, 11) is 0. The van der Waals surface area contributed by atoms with Crippen LogP contribution >= 0.6 is 0 Å². The van der Waals surface area contributed by atoms with Crippen molar-refractivity contribution < 1.29 is 39.7 Å². The van der Waals surface area contributed by atoms with Crippen molar-refractivity contribution in [1.82, 2.24) is 29.5 Å². The van der Waals surface area contributed by atoms with E-state index < -0.39 is 0 Å². The van der Waals surface area contributed by atoms with Crippen LogP contribution in [0.5, 0.6) is 0 Å². The average molecular weight is 358 g/mol. The molecule has 2 aromatic rings. The predicted octanol–water partition coefficient (Wildman–Crippen LogP) is -0.777. The van der Waals surface area contributed by atoms with Gasteiger partial charge in [-0.25, -0.2) is 19.3 Å². The van der Waals surface area contributed by atoms with Crippen LogP contribution in [0.2, 0.25) is 0 Å². The van der Waals surface area contributed by atoms with Crippen LogP contribution in [0.3, 0.4) is 0 Å². The van der Waals surface area contributed by atoms with Gasteiger partial charge in [0.25, 0.3) is 0 Å². The van der Waals surface area contributed by atoms with Crippen molar-refractivity contribution in [2.75, 3.05) is 0 Å². The third-order valence-corrected chi connectivity index (χ3v) is 1.22. The fourth-order valence-corrected chi connectivity index (χ4v) is 0.760. The van der Waals surface area contributed by atoms with Gasteiger partial charge >= 0.3 is 45.2 Å². The van der Waals surface area contributed by atoms with Gasteiger partial charge < -0.3 is 0 Å². The Morgan fingerprint density at radius 1 is 0.700 bits per heavy atom. The van der Waals surface area contributed by atoms with Crippen LogP contribution in [-0.2, 0) is 46.3 Å². The van der Waals surface area contributed by atoms with Crippen molar-refractivity contribution in [3.05, 3.63) is 51.9 Å². The van der Waals surface area contributed by atoms with Crippen LogP contribution in [0.15, 0.2) is 25.3 Å². The van der Waals surface area contributed by atoms with Crippen LogP contribution in [0, 0.1) is 26.6 Å². The average Bonchev–Trinajstić information content (AvgIpc) is 3.22. The third-order valence-electron chi connectivity index (χ3n) is 1.22. The molecule has 2 aromatic heterocycles. The van der Waals surface area contributed by atoms with Gasteiger partial charge in [-0.1, -0.05) is 0 Å². The first-order valence-corrected chi connectivity index (χ1v) is 3.91. The van der Waals surface area contributed by atoms with E-state index in [-0.39, 0.29) is 21.1 Å². The van der Waals surface area contributed by atoms with Crippen molar-refractivity contribution in [2.45, 2.75) is 6.67 Å². The van der Waals surface area contributed by atoms with Crippen LogP contribution in [0.1, 0.15) is 0 Å². The standard InChI is InChI=1S/C5H6N6.4CO.Mo/c1-6-3-10(8-1)5-11-4-7-2-9-11;4*1-2;/h1-4H,5H2;;;;;. The molecule has 10 nitrogen and oxygen atoms in total. The molecule has 0 N–H and O–H groups in total. The predicted molar refractivity (Wildman–Crippen MR) is 51.2 cm³/mol. The Kier molecular flexibility index (Phi) is 34.0. The van der Waals surface area contributed by atoms with E-state index in [0.29, 0.717) is 6.67 Å². The Bertz CT molecular complexity index is 405. The van der Waals surface area contributed by atoms with Gasteiger partial charge in [-0.3, -0.25) is 0 Å². The van der Waals surface area contributed by atoms with Crippen LogP contribution in [0.25, 0.3) is 0 Å². The van der Waals surface area contributed by atoms with Crippen molar-refractivity contribution in [3.63, 3.8) is 0 Å². The molecular weight excluding hydrogens is 352 g/mol. The van der Waals surface area contributed by atoms with E-state index in [4.69, 9.17) is 18.6 Å². The number of aromatic nitrogens is 6. The summed E-state index contributed by atoms with van der Waals surface area (Å²) in [5.74, 6) is 0. The fourth-order valence-electron chi connectivity index (χ4n) is 0.760. The molecule has 0 fully saturated rings. The van der Waals surface area contributed by atoms with E-state index in [1.807, 2.05) is 0 Å². The quantitative estimate of drug-likeness (QED) is 0.394. The summed E-state index contributed by atoms with van der Waals surface area (Å²) in [6.45, 7) is 18.6. The molecule has 2 heterocycles. The first-order chi connectivity index (χ1) is 9.45. The van der Waals surface area contributed by atoms with Gasteiger partial charge in [-0.2, -0.15) is 10.2 Å². The summed E-state index contributed by atoms with van der Waals surface area (Å²) in [6, 6.07) is 0. The maximum atomic E-state index is 7.50. The van der Waals surface area contributed by atoms with E-state index >= 15 is 0 Å². The van der Waals surface area contributed by atoms with Crippen LogP contribution in [-0.4, -0.2) is 29.5 Å². The second-order valence-corrected chi connectivity index (χ2v) is 2.01. The van der Waals surface area contributed by atoms with Gasteiger partial charge in [0.2, 0.25) is 0 Å². The minimum atomic E-state index is 0. The second-order valence-electron chi connectivity index (χ2n) is 2.01. The monoisotopic (exact) mass is 360 g/mol. The largest absolute Gasteiger partial charge is 0.231 e. The summed E-state index contributed by atoms with van der Waals surface area (Å²) >= 11 is 0. The number of hydrogen-bond donors (Lipinski definition) is 0. The number of nitrogens with zero attached hydrogens (tertiary/aromatic N) is 6. The molecular formula is C9H6MoN6O4. The molecule has 0 aliphatic carbocycles. The summed E-state index contributed by atoms with van der Waals surface area (Å²) < 4.78 is 33.3. The van der Waals surface area contributed by atoms with Gasteiger partial charge in [0.05, 0.1) is 0 Å². The molecule has 0 amide bonds. The zero-order valence-corrected chi connectivity index (χ0v) is 11.7. The van der Waals surface area contributed by atoms with Crippen LogP contribution < -0.4 is 0 Å². The van der Waals surface area contributed by atoms with Gasteiger partial charge in [0, 0.05) is 21.1 Å². The second kappa shape index (κ2) is 25.7. The molecule has 0 aliphatic rings. The molecule has 102 valence electrons. The zero-order valence-electron chi connectivity index (χ0n) is 9.74. The molecule has 0 unspecified atom stereocenters. The Balaban J connectivity index is -0.000000124. The first-order valence-electron chi connectivity index (χ1n) is 3.91. The van der Waals surface area contributed by atoms with E-state index in [1.165, 1.54) is 12.7 Å². The molecule has 2 rings (SSSR count). The van der Waals surface area contributed by atoms with E-state index in [1.54, 1.807) is 22.0 Å². The van der Waals surface area contributed by atoms with Gasteiger partial charge in [0.1, 0.15) is 32.0 Å². The number of hydrogen-bond acceptors (Lipinski definition) is 4. The minimum absolute atomic E-state index is 0. The number of rotatable bonds is 2. The summed E-state index contributed by atoms with van der Waals surface area (Å²) in [5, 5.41) is 7.82. The minimum Gasteiger partial charge on any atom is -0.231 e. The van der Waals surface area contributed by atoms with E-state index in [2.05, 4.69) is 46.8 Å². The Hall–Kier alpha value is -2.07. The first kappa shape index (κ1) is 26.5. The maximum Gasteiger partial charge on any atom is 0.137 e. The fraction of sp³-hybridized carbons (Fsp3) is 0.111. The van der Waals surface area contributed by atoms with Crippen molar-refractivity contribution in [3.8, 4) is 0 Å². The summed E-state index contributed by atoms with van der Waals surface area (Å²) in [4.78, 5) is 7.59. The maximum absolute atomic E-state index is 7.50. The third kappa shape index (κ3) is 14.0. The molecule has 0 atom stereocenters. The van der Waals surface area contributed by atoms with Gasteiger partial charge in [-0.05, 0) is 0 Å². The zero-order chi connectivity index (χ0) is 15.5. The molecule has 0 spiro atoms. The molecule has 0 radical (unpaired) electrons. The topological polar surface area (TPSA) is 141 Å². The van der Waals surface area contributed by atoms with Crippen LogP contribution in [0.4, 0.5) is 0 Å². The molecule has 11 heteroatoms. The van der Waals surface area contributed by atoms with Gasteiger partial charge in [-0.15, -0.1) is 0 Å². The molecule has 0 saturated carbocycles. The molecule has 20 heavy (non-hydrogen) atoms. The molecule has 0 aromatic carbocycles. The SMILES string of the molecule is [C-]#[O+].[C-]#[O+].[C-]#[O+].[C-]#[O+].[Mo].c1ncn(Cn2cncn2)n1. The summed E-state index contributed by atoms with van der Waals surface area (Å²) in [6.07, 6.45) is 6.22. The smallest absolute Gasteiger partial charge is 0.137 e. The molecule has 0 saturated heterocycles. The normalized spacial score (nSPS) is 6.00. The summed E-state index contributed by atoms with van der Waals surface area (Å²) in [5.41, 5.74) is 0. The molecule has 0 bridgehead atoms.